The molecule has 0 radical (unpaired) electrons. The Kier molecular flexibility index (Phi) is 1.77. The lowest BCUT2D eigenvalue weighted by Crippen LogP contribution is -2.24. The van der Waals surface area contributed by atoms with E-state index in [1.54, 1.807) is 6.20 Å². The van der Waals surface area contributed by atoms with E-state index in [4.69, 9.17) is 5.26 Å². The molecule has 12 heavy (non-hydrogen) atoms. The van der Waals surface area contributed by atoms with Crippen molar-refractivity contribution in [1.29, 1.82) is 5.26 Å². The van der Waals surface area contributed by atoms with Gasteiger partial charge in [0, 0.05) is 12.7 Å². The van der Waals surface area contributed by atoms with Gasteiger partial charge < -0.3 is 5.32 Å². The molecule has 0 saturated heterocycles. The Morgan fingerprint density at radius 1 is 1.58 bits per heavy atom. The molecule has 3 nitrogen and oxygen atoms in total. The highest BCUT2D eigenvalue weighted by Crippen LogP contribution is 2.11. The zero-order valence-electron chi connectivity index (χ0n) is 6.67. The largest absolute Gasteiger partial charge is 0.311 e. The average Bonchev–Trinajstić information content (AvgIpc) is 2.17. The molecule has 0 spiro atoms. The topological polar surface area (TPSA) is 48.7 Å². The Bertz CT molecular complexity index is 338. The molecule has 0 aliphatic carbocycles. The van der Waals surface area contributed by atoms with Crippen LogP contribution in [0.1, 0.15) is 16.8 Å². The highest BCUT2D eigenvalue weighted by molar-refractivity contribution is 5.34. The van der Waals surface area contributed by atoms with E-state index in [1.165, 1.54) is 5.56 Å². The number of rotatable bonds is 0. The Balaban J connectivity index is 2.44. The molecule has 0 atom stereocenters. The van der Waals surface area contributed by atoms with E-state index < -0.39 is 0 Å². The normalized spacial score (nSPS) is 14.9. The van der Waals surface area contributed by atoms with Crippen molar-refractivity contribution >= 4 is 0 Å². The van der Waals surface area contributed by atoms with Gasteiger partial charge in [0.1, 0.15) is 6.07 Å². The van der Waals surface area contributed by atoms with E-state index in [0.29, 0.717) is 5.56 Å². The first-order valence-electron chi connectivity index (χ1n) is 3.99. The van der Waals surface area contributed by atoms with Gasteiger partial charge in [-0.05, 0) is 24.6 Å². The smallest absolute Gasteiger partial charge is 0.101 e. The van der Waals surface area contributed by atoms with Gasteiger partial charge in [0.05, 0.1) is 11.3 Å². The first kappa shape index (κ1) is 7.26. The summed E-state index contributed by atoms with van der Waals surface area (Å²) < 4.78 is 0. The standard InChI is InChI=1S/C9H9N3/c10-4-7-3-8-1-2-11-6-9(8)12-5-7/h3,5,11H,1-2,6H2. The van der Waals surface area contributed by atoms with Gasteiger partial charge in [0.15, 0.2) is 0 Å². The third-order valence-corrected chi connectivity index (χ3v) is 2.05. The van der Waals surface area contributed by atoms with Crippen molar-refractivity contribution in [2.24, 2.45) is 0 Å². The van der Waals surface area contributed by atoms with E-state index in [9.17, 15) is 0 Å². The fourth-order valence-electron chi connectivity index (χ4n) is 1.41. The van der Waals surface area contributed by atoms with Crippen molar-refractivity contribution in [2.45, 2.75) is 13.0 Å². The fraction of sp³-hybridized carbons (Fsp3) is 0.333. The molecule has 2 rings (SSSR count). The minimum absolute atomic E-state index is 0.663. The van der Waals surface area contributed by atoms with Gasteiger partial charge in [0.2, 0.25) is 0 Å². The third kappa shape index (κ3) is 1.17. The first-order chi connectivity index (χ1) is 5.90. The molecule has 0 saturated carbocycles. The molecule has 60 valence electrons. The Labute approximate surface area is 71.0 Å². The average molecular weight is 159 g/mol. The van der Waals surface area contributed by atoms with E-state index in [1.807, 2.05) is 6.07 Å². The number of aromatic nitrogens is 1. The molecular weight excluding hydrogens is 150 g/mol. The van der Waals surface area contributed by atoms with Crippen LogP contribution >= 0.6 is 0 Å². The third-order valence-electron chi connectivity index (χ3n) is 2.05. The Morgan fingerprint density at radius 3 is 3.33 bits per heavy atom. The maximum absolute atomic E-state index is 8.63. The molecule has 1 aromatic rings. The SMILES string of the molecule is N#Cc1cnc2c(c1)CCNC2. The van der Waals surface area contributed by atoms with Gasteiger partial charge in [-0.2, -0.15) is 5.26 Å². The number of nitrogens with one attached hydrogen (secondary N) is 1. The summed E-state index contributed by atoms with van der Waals surface area (Å²) >= 11 is 0. The number of pyridine rings is 1. The summed E-state index contributed by atoms with van der Waals surface area (Å²) in [6.45, 7) is 1.82. The first-order valence-corrected chi connectivity index (χ1v) is 3.99. The van der Waals surface area contributed by atoms with Crippen LogP contribution in [0.2, 0.25) is 0 Å². The van der Waals surface area contributed by atoms with E-state index in [0.717, 1.165) is 25.2 Å². The van der Waals surface area contributed by atoms with E-state index >= 15 is 0 Å². The lowest BCUT2D eigenvalue weighted by molar-refractivity contribution is 0.627. The molecule has 0 fully saturated rings. The van der Waals surface area contributed by atoms with Crippen LogP contribution in [-0.2, 0) is 13.0 Å². The summed E-state index contributed by atoms with van der Waals surface area (Å²) in [7, 11) is 0. The van der Waals surface area contributed by atoms with Crippen molar-refractivity contribution in [1.82, 2.24) is 10.3 Å². The summed E-state index contributed by atoms with van der Waals surface area (Å²) in [6.07, 6.45) is 2.61. The molecule has 1 N–H and O–H groups in total. The van der Waals surface area contributed by atoms with Gasteiger partial charge in [-0.1, -0.05) is 0 Å². The summed E-state index contributed by atoms with van der Waals surface area (Å²) in [6, 6.07) is 4.03. The van der Waals surface area contributed by atoms with Crippen molar-refractivity contribution in [2.75, 3.05) is 6.54 Å². The number of nitriles is 1. The zero-order valence-corrected chi connectivity index (χ0v) is 6.67. The van der Waals surface area contributed by atoms with Crippen molar-refractivity contribution < 1.29 is 0 Å². The van der Waals surface area contributed by atoms with Gasteiger partial charge in [-0.15, -0.1) is 0 Å². The maximum atomic E-state index is 8.63. The van der Waals surface area contributed by atoms with Gasteiger partial charge >= 0.3 is 0 Å². The Morgan fingerprint density at radius 2 is 2.50 bits per heavy atom. The molecule has 1 aliphatic rings. The number of nitrogens with zero attached hydrogens (tertiary/aromatic N) is 2. The summed E-state index contributed by atoms with van der Waals surface area (Å²) in [5, 5.41) is 11.9. The van der Waals surface area contributed by atoms with Crippen LogP contribution in [0.3, 0.4) is 0 Å². The molecule has 1 aliphatic heterocycles. The Hall–Kier alpha value is -1.40. The van der Waals surface area contributed by atoms with Crippen molar-refractivity contribution in [3.63, 3.8) is 0 Å². The highest BCUT2D eigenvalue weighted by Gasteiger charge is 2.09. The molecule has 1 aromatic heterocycles. The van der Waals surface area contributed by atoms with Gasteiger partial charge in [-0.3, -0.25) is 4.98 Å². The zero-order chi connectivity index (χ0) is 8.39. The fourth-order valence-corrected chi connectivity index (χ4v) is 1.41. The van der Waals surface area contributed by atoms with Crippen molar-refractivity contribution in [3.05, 3.63) is 29.1 Å². The van der Waals surface area contributed by atoms with Crippen molar-refractivity contribution in [3.8, 4) is 6.07 Å². The van der Waals surface area contributed by atoms with Crippen LogP contribution in [0, 0.1) is 11.3 Å². The molecule has 0 amide bonds. The molecular formula is C9H9N3. The lowest BCUT2D eigenvalue weighted by Gasteiger charge is -2.15. The number of hydrogen-bond acceptors (Lipinski definition) is 3. The van der Waals surface area contributed by atoms with Crippen LogP contribution in [0.25, 0.3) is 0 Å². The van der Waals surface area contributed by atoms with Crippen LogP contribution in [0.5, 0.6) is 0 Å². The molecule has 2 heterocycles. The van der Waals surface area contributed by atoms with Gasteiger partial charge in [0.25, 0.3) is 0 Å². The van der Waals surface area contributed by atoms with Crippen LogP contribution in [-0.4, -0.2) is 11.5 Å². The van der Waals surface area contributed by atoms with E-state index in [2.05, 4.69) is 16.4 Å². The minimum Gasteiger partial charge on any atom is -0.311 e. The molecule has 0 unspecified atom stereocenters. The van der Waals surface area contributed by atoms with Crippen LogP contribution in [0.4, 0.5) is 0 Å². The number of hydrogen-bond donors (Lipinski definition) is 1. The number of fused-ring (bicyclic) bond motifs is 1. The second kappa shape index (κ2) is 2.92. The maximum Gasteiger partial charge on any atom is 0.101 e. The second-order valence-electron chi connectivity index (χ2n) is 2.87. The second-order valence-corrected chi connectivity index (χ2v) is 2.87. The lowest BCUT2D eigenvalue weighted by atomic mass is 10.1. The van der Waals surface area contributed by atoms with E-state index in [-0.39, 0.29) is 0 Å². The molecule has 3 heteroatoms. The summed E-state index contributed by atoms with van der Waals surface area (Å²) in [5.74, 6) is 0. The van der Waals surface area contributed by atoms with Crippen LogP contribution in [0.15, 0.2) is 12.3 Å². The van der Waals surface area contributed by atoms with Crippen LogP contribution < -0.4 is 5.32 Å². The van der Waals surface area contributed by atoms with Gasteiger partial charge in [-0.25, -0.2) is 0 Å². The molecule has 0 aromatic carbocycles. The summed E-state index contributed by atoms with van der Waals surface area (Å²) in [4.78, 5) is 4.21. The molecule has 0 bridgehead atoms. The predicted molar refractivity (Wildman–Crippen MR) is 44.4 cm³/mol. The minimum atomic E-state index is 0.663. The quantitative estimate of drug-likeness (QED) is 0.603. The summed E-state index contributed by atoms with van der Waals surface area (Å²) in [5.41, 5.74) is 2.96. The predicted octanol–water partition coefficient (Wildman–Crippen LogP) is 0.599. The highest BCUT2D eigenvalue weighted by atomic mass is 14.9. The monoisotopic (exact) mass is 159 g/mol.